The van der Waals surface area contributed by atoms with Gasteiger partial charge in [-0.25, -0.2) is 0 Å². The van der Waals surface area contributed by atoms with Crippen LogP contribution in [0.2, 0.25) is 15.1 Å². The number of hydrazine groups is 1. The minimum atomic E-state index is -0.473. The van der Waals surface area contributed by atoms with Gasteiger partial charge in [-0.3, -0.25) is 20.4 Å². The molecule has 0 fully saturated rings. The van der Waals surface area contributed by atoms with Crippen molar-refractivity contribution in [3.63, 3.8) is 0 Å². The van der Waals surface area contributed by atoms with Crippen LogP contribution in [0, 0.1) is 0 Å². The number of nitrogens with one attached hydrogen (secondary N) is 3. The summed E-state index contributed by atoms with van der Waals surface area (Å²) in [6.45, 7) is 0. The van der Waals surface area contributed by atoms with Crippen molar-refractivity contribution < 1.29 is 9.59 Å². The van der Waals surface area contributed by atoms with Crippen LogP contribution in [0.5, 0.6) is 0 Å². The standard InChI is InChI=1S/C18H12Cl3N3O2S/c19-10-8-12(20)16(13(21)9-10)23-24-17(25)11-4-1-2-5-14(11)22-18(26)15-6-3-7-27-15/h1-9,23H,(H,22,26)(H,24,25). The average molecular weight is 441 g/mol. The van der Waals surface area contributed by atoms with E-state index in [1.54, 1.807) is 41.8 Å². The molecule has 138 valence electrons. The smallest absolute Gasteiger partial charge is 0.271 e. The molecule has 0 bridgehead atoms. The van der Waals surface area contributed by atoms with Crippen molar-refractivity contribution in [3.05, 3.63) is 79.4 Å². The summed E-state index contributed by atoms with van der Waals surface area (Å²) < 4.78 is 0. The summed E-state index contributed by atoms with van der Waals surface area (Å²) in [6, 6.07) is 13.1. The molecule has 0 spiro atoms. The molecule has 9 heteroatoms. The molecule has 0 radical (unpaired) electrons. The zero-order valence-corrected chi connectivity index (χ0v) is 16.6. The second kappa shape index (κ2) is 8.63. The molecule has 0 saturated carbocycles. The van der Waals surface area contributed by atoms with E-state index in [-0.39, 0.29) is 21.5 Å². The molecule has 0 atom stereocenters. The van der Waals surface area contributed by atoms with Gasteiger partial charge in [-0.2, -0.15) is 0 Å². The topological polar surface area (TPSA) is 70.2 Å². The highest BCUT2D eigenvalue weighted by atomic mass is 35.5. The Kier molecular flexibility index (Phi) is 6.23. The number of halogens is 3. The van der Waals surface area contributed by atoms with Gasteiger partial charge in [-0.1, -0.05) is 53.0 Å². The van der Waals surface area contributed by atoms with Gasteiger partial charge < -0.3 is 5.32 Å². The van der Waals surface area contributed by atoms with E-state index >= 15 is 0 Å². The molecule has 0 saturated heterocycles. The summed E-state index contributed by atoms with van der Waals surface area (Å²) in [7, 11) is 0. The van der Waals surface area contributed by atoms with Crippen LogP contribution < -0.4 is 16.2 Å². The maximum atomic E-state index is 12.6. The first-order valence-corrected chi connectivity index (χ1v) is 9.62. The quantitative estimate of drug-likeness (QED) is 0.445. The Labute approximate surface area is 174 Å². The third-order valence-corrected chi connectivity index (χ3v) is 5.16. The van der Waals surface area contributed by atoms with Crippen molar-refractivity contribution in [2.45, 2.75) is 0 Å². The maximum absolute atomic E-state index is 12.6. The molecule has 0 aliphatic rings. The SMILES string of the molecule is O=C(Nc1ccccc1C(=O)NNc1c(Cl)cc(Cl)cc1Cl)c1cccs1. The first kappa shape index (κ1) is 19.5. The van der Waals surface area contributed by atoms with Crippen LogP contribution in [0.15, 0.2) is 53.9 Å². The molecule has 3 aromatic rings. The van der Waals surface area contributed by atoms with Crippen LogP contribution in [0.1, 0.15) is 20.0 Å². The third kappa shape index (κ3) is 4.73. The number of rotatable bonds is 5. The van der Waals surface area contributed by atoms with Crippen LogP contribution in [-0.2, 0) is 0 Å². The average Bonchev–Trinajstić information content (AvgIpc) is 3.16. The summed E-state index contributed by atoms with van der Waals surface area (Å²) >= 11 is 19.3. The van der Waals surface area contributed by atoms with E-state index in [9.17, 15) is 9.59 Å². The van der Waals surface area contributed by atoms with Gasteiger partial charge in [0.25, 0.3) is 11.8 Å². The van der Waals surface area contributed by atoms with Crippen molar-refractivity contribution in [1.29, 1.82) is 0 Å². The Morgan fingerprint density at radius 3 is 2.26 bits per heavy atom. The lowest BCUT2D eigenvalue weighted by Crippen LogP contribution is -2.30. The Morgan fingerprint density at radius 1 is 0.889 bits per heavy atom. The molecule has 2 amide bonds. The van der Waals surface area contributed by atoms with E-state index < -0.39 is 5.91 Å². The molecule has 1 heterocycles. The van der Waals surface area contributed by atoms with Crippen molar-refractivity contribution in [2.24, 2.45) is 0 Å². The zero-order chi connectivity index (χ0) is 19.4. The first-order valence-electron chi connectivity index (χ1n) is 7.60. The Hall–Kier alpha value is -2.25. The highest BCUT2D eigenvalue weighted by Gasteiger charge is 2.15. The van der Waals surface area contributed by atoms with Crippen LogP contribution in [0.3, 0.4) is 0 Å². The molecular weight excluding hydrogens is 429 g/mol. The van der Waals surface area contributed by atoms with Gasteiger partial charge in [0.05, 0.1) is 31.9 Å². The summed E-state index contributed by atoms with van der Waals surface area (Å²) in [4.78, 5) is 25.4. The highest BCUT2D eigenvalue weighted by Crippen LogP contribution is 2.33. The predicted octanol–water partition coefficient (Wildman–Crippen LogP) is 5.72. The second-order valence-electron chi connectivity index (χ2n) is 5.30. The fraction of sp³-hybridized carbons (Fsp3) is 0. The highest BCUT2D eigenvalue weighted by molar-refractivity contribution is 7.12. The Bertz CT molecular complexity index is 970. The zero-order valence-electron chi connectivity index (χ0n) is 13.6. The molecule has 0 aliphatic heterocycles. The van der Waals surface area contributed by atoms with E-state index in [0.717, 1.165) is 0 Å². The molecule has 1 aromatic heterocycles. The van der Waals surface area contributed by atoms with Crippen molar-refractivity contribution in [2.75, 3.05) is 10.7 Å². The molecule has 3 rings (SSSR count). The molecule has 2 aromatic carbocycles. The maximum Gasteiger partial charge on any atom is 0.271 e. The van der Waals surface area contributed by atoms with Crippen LogP contribution >= 0.6 is 46.1 Å². The Balaban J connectivity index is 1.75. The number of hydrogen-bond donors (Lipinski definition) is 3. The van der Waals surface area contributed by atoms with Gasteiger partial charge in [0.2, 0.25) is 0 Å². The fourth-order valence-electron chi connectivity index (χ4n) is 2.23. The molecule has 0 aliphatic carbocycles. The number of carbonyl (C=O) groups excluding carboxylic acids is 2. The minimum Gasteiger partial charge on any atom is -0.321 e. The van der Waals surface area contributed by atoms with Crippen LogP contribution in [0.25, 0.3) is 0 Å². The van der Waals surface area contributed by atoms with E-state index in [0.29, 0.717) is 21.3 Å². The number of para-hydroxylation sites is 1. The van der Waals surface area contributed by atoms with E-state index in [4.69, 9.17) is 34.8 Å². The summed E-state index contributed by atoms with van der Waals surface area (Å²) in [6.07, 6.45) is 0. The van der Waals surface area contributed by atoms with Gasteiger partial charge in [-0.05, 0) is 35.7 Å². The minimum absolute atomic E-state index is 0.257. The summed E-state index contributed by atoms with van der Waals surface area (Å²) in [5.74, 6) is -0.763. The van der Waals surface area contributed by atoms with Crippen molar-refractivity contribution in [3.8, 4) is 0 Å². The molecule has 3 N–H and O–H groups in total. The monoisotopic (exact) mass is 439 g/mol. The van der Waals surface area contributed by atoms with Gasteiger partial charge in [-0.15, -0.1) is 11.3 Å². The molecule has 5 nitrogen and oxygen atoms in total. The van der Waals surface area contributed by atoms with E-state index in [1.807, 2.05) is 0 Å². The van der Waals surface area contributed by atoms with Gasteiger partial charge >= 0.3 is 0 Å². The van der Waals surface area contributed by atoms with Gasteiger partial charge in [0, 0.05) is 5.02 Å². The van der Waals surface area contributed by atoms with Gasteiger partial charge in [0.15, 0.2) is 0 Å². The van der Waals surface area contributed by atoms with Crippen molar-refractivity contribution in [1.82, 2.24) is 5.43 Å². The second-order valence-corrected chi connectivity index (χ2v) is 7.50. The molecule has 27 heavy (non-hydrogen) atoms. The lowest BCUT2D eigenvalue weighted by atomic mass is 10.1. The summed E-state index contributed by atoms with van der Waals surface area (Å²) in [5.41, 5.74) is 6.17. The van der Waals surface area contributed by atoms with Crippen LogP contribution in [0.4, 0.5) is 11.4 Å². The lowest BCUT2D eigenvalue weighted by molar-refractivity contribution is 0.0963. The normalized spacial score (nSPS) is 10.3. The number of anilines is 2. The summed E-state index contributed by atoms with van der Waals surface area (Å²) in [5, 5.41) is 5.43. The lowest BCUT2D eigenvalue weighted by Gasteiger charge is -2.14. The predicted molar refractivity (Wildman–Crippen MR) is 111 cm³/mol. The number of benzene rings is 2. The number of thiophene rings is 1. The third-order valence-electron chi connectivity index (χ3n) is 3.47. The van der Waals surface area contributed by atoms with E-state index in [1.165, 1.54) is 23.5 Å². The first-order chi connectivity index (χ1) is 13.0. The number of amides is 2. The number of hydrogen-bond acceptors (Lipinski definition) is 4. The van der Waals surface area contributed by atoms with Gasteiger partial charge in [0.1, 0.15) is 0 Å². The van der Waals surface area contributed by atoms with Crippen molar-refractivity contribution >= 4 is 69.3 Å². The van der Waals surface area contributed by atoms with Crippen LogP contribution in [-0.4, -0.2) is 11.8 Å². The molecular formula is C18H12Cl3N3O2S. The molecule has 0 unspecified atom stereocenters. The largest absolute Gasteiger partial charge is 0.321 e. The Morgan fingerprint density at radius 2 is 1.59 bits per heavy atom. The number of carbonyl (C=O) groups is 2. The van der Waals surface area contributed by atoms with E-state index in [2.05, 4.69) is 16.2 Å². The fourth-order valence-corrected chi connectivity index (χ4v) is 3.76.